The molecule has 1 aliphatic heterocycles. The average molecular weight is 169 g/mol. The van der Waals surface area contributed by atoms with Crippen molar-refractivity contribution in [2.45, 2.75) is 18.7 Å². The van der Waals surface area contributed by atoms with Crippen molar-refractivity contribution in [2.75, 3.05) is 13.2 Å². The SMILES string of the molecule is NC[C@@H]1C[C@@H](C(F)(F)F)CO1. The van der Waals surface area contributed by atoms with E-state index >= 15 is 0 Å². The third kappa shape index (κ3) is 2.07. The van der Waals surface area contributed by atoms with Crippen LogP contribution >= 0.6 is 0 Å². The Hall–Kier alpha value is -0.290. The maximum Gasteiger partial charge on any atom is 0.394 e. The summed E-state index contributed by atoms with van der Waals surface area (Å²) >= 11 is 0. The van der Waals surface area contributed by atoms with Gasteiger partial charge in [-0.05, 0) is 6.42 Å². The summed E-state index contributed by atoms with van der Waals surface area (Å²) < 4.78 is 40.6. The van der Waals surface area contributed by atoms with Crippen LogP contribution in [0.3, 0.4) is 0 Å². The minimum atomic E-state index is -4.12. The highest BCUT2D eigenvalue weighted by molar-refractivity contribution is 4.78. The van der Waals surface area contributed by atoms with E-state index in [1.165, 1.54) is 0 Å². The van der Waals surface area contributed by atoms with Crippen molar-refractivity contribution in [3.63, 3.8) is 0 Å². The summed E-state index contributed by atoms with van der Waals surface area (Å²) in [6.45, 7) is -0.0576. The van der Waals surface area contributed by atoms with Crippen molar-refractivity contribution >= 4 is 0 Å². The largest absolute Gasteiger partial charge is 0.394 e. The van der Waals surface area contributed by atoms with Gasteiger partial charge in [0.15, 0.2) is 0 Å². The number of alkyl halides is 3. The van der Waals surface area contributed by atoms with Gasteiger partial charge >= 0.3 is 6.18 Å². The van der Waals surface area contributed by atoms with Gasteiger partial charge in [0.1, 0.15) is 0 Å². The molecule has 1 aliphatic rings. The summed E-state index contributed by atoms with van der Waals surface area (Å²) in [5.74, 6) is -1.31. The van der Waals surface area contributed by atoms with Crippen molar-refractivity contribution in [1.82, 2.24) is 0 Å². The summed E-state index contributed by atoms with van der Waals surface area (Å²) in [5, 5.41) is 0. The van der Waals surface area contributed by atoms with Crippen molar-refractivity contribution in [3.8, 4) is 0 Å². The Morgan fingerprint density at radius 3 is 2.36 bits per heavy atom. The number of hydrogen-bond acceptors (Lipinski definition) is 2. The monoisotopic (exact) mass is 169 g/mol. The third-order valence-corrected chi connectivity index (χ3v) is 1.81. The van der Waals surface area contributed by atoms with E-state index in [-0.39, 0.29) is 19.6 Å². The maximum absolute atomic E-state index is 11.9. The zero-order valence-electron chi connectivity index (χ0n) is 5.90. The summed E-state index contributed by atoms with van der Waals surface area (Å²) in [4.78, 5) is 0. The molecule has 1 heterocycles. The third-order valence-electron chi connectivity index (χ3n) is 1.81. The summed E-state index contributed by atoms with van der Waals surface area (Å²) in [7, 11) is 0. The van der Waals surface area contributed by atoms with Crippen LogP contribution in [0.25, 0.3) is 0 Å². The topological polar surface area (TPSA) is 35.2 Å². The van der Waals surface area contributed by atoms with Gasteiger partial charge in [-0.25, -0.2) is 0 Å². The molecule has 0 aromatic heterocycles. The van der Waals surface area contributed by atoms with Crippen LogP contribution in [0.1, 0.15) is 6.42 Å². The Kier molecular flexibility index (Phi) is 2.39. The van der Waals surface area contributed by atoms with Gasteiger partial charge in [-0.2, -0.15) is 13.2 Å². The van der Waals surface area contributed by atoms with Gasteiger partial charge in [0.05, 0.1) is 18.6 Å². The first-order valence-corrected chi connectivity index (χ1v) is 3.42. The number of ether oxygens (including phenoxy) is 1. The summed E-state index contributed by atoms with van der Waals surface area (Å²) in [6.07, 6.45) is -4.51. The van der Waals surface area contributed by atoms with Crippen LogP contribution in [0.4, 0.5) is 13.2 Å². The van der Waals surface area contributed by atoms with Gasteiger partial charge in [0.2, 0.25) is 0 Å². The Balaban J connectivity index is 2.42. The van der Waals surface area contributed by atoms with Crippen LogP contribution in [-0.2, 0) is 4.74 Å². The van der Waals surface area contributed by atoms with Gasteiger partial charge in [-0.3, -0.25) is 0 Å². The van der Waals surface area contributed by atoms with E-state index in [1.807, 2.05) is 0 Å². The molecule has 5 heteroatoms. The van der Waals surface area contributed by atoms with Crippen LogP contribution in [0.2, 0.25) is 0 Å². The Morgan fingerprint density at radius 1 is 1.45 bits per heavy atom. The lowest BCUT2D eigenvalue weighted by Crippen LogP contribution is -2.24. The van der Waals surface area contributed by atoms with Gasteiger partial charge < -0.3 is 10.5 Å². The average Bonchev–Trinajstić information content (AvgIpc) is 2.32. The van der Waals surface area contributed by atoms with E-state index in [4.69, 9.17) is 10.5 Å². The maximum atomic E-state index is 11.9. The highest BCUT2D eigenvalue weighted by Crippen LogP contribution is 2.34. The van der Waals surface area contributed by atoms with Gasteiger partial charge in [-0.15, -0.1) is 0 Å². The molecule has 2 atom stereocenters. The minimum absolute atomic E-state index is 0.0139. The first-order chi connectivity index (χ1) is 5.04. The molecule has 0 aliphatic carbocycles. The molecule has 0 radical (unpaired) electrons. The highest BCUT2D eigenvalue weighted by atomic mass is 19.4. The van der Waals surface area contributed by atoms with Crippen molar-refractivity contribution in [2.24, 2.45) is 11.7 Å². The van der Waals surface area contributed by atoms with Gasteiger partial charge in [-0.1, -0.05) is 0 Å². The zero-order valence-corrected chi connectivity index (χ0v) is 5.90. The van der Waals surface area contributed by atoms with Gasteiger partial charge in [0, 0.05) is 6.54 Å². The molecule has 1 fully saturated rings. The molecule has 11 heavy (non-hydrogen) atoms. The molecule has 0 saturated carbocycles. The van der Waals surface area contributed by atoms with Gasteiger partial charge in [0.25, 0.3) is 0 Å². The van der Waals surface area contributed by atoms with Crippen LogP contribution < -0.4 is 5.73 Å². The van der Waals surface area contributed by atoms with E-state index in [9.17, 15) is 13.2 Å². The van der Waals surface area contributed by atoms with Crippen LogP contribution in [0, 0.1) is 5.92 Å². The number of halogens is 3. The van der Waals surface area contributed by atoms with Crippen LogP contribution in [0.5, 0.6) is 0 Å². The Labute approximate surface area is 62.5 Å². The molecule has 0 spiro atoms. The van der Waals surface area contributed by atoms with Crippen molar-refractivity contribution in [1.29, 1.82) is 0 Å². The van der Waals surface area contributed by atoms with Crippen molar-refractivity contribution in [3.05, 3.63) is 0 Å². The quantitative estimate of drug-likeness (QED) is 0.633. The molecular weight excluding hydrogens is 159 g/mol. The second-order valence-corrected chi connectivity index (χ2v) is 2.67. The van der Waals surface area contributed by atoms with E-state index in [1.54, 1.807) is 0 Å². The predicted molar refractivity (Wildman–Crippen MR) is 33.0 cm³/mol. The smallest absolute Gasteiger partial charge is 0.376 e. The fraction of sp³-hybridized carbons (Fsp3) is 1.00. The van der Waals surface area contributed by atoms with E-state index in [0.29, 0.717) is 0 Å². The first-order valence-electron chi connectivity index (χ1n) is 3.42. The summed E-state index contributed by atoms with van der Waals surface area (Å²) in [6, 6.07) is 0. The molecule has 1 rings (SSSR count). The second-order valence-electron chi connectivity index (χ2n) is 2.67. The fourth-order valence-corrected chi connectivity index (χ4v) is 1.10. The first kappa shape index (κ1) is 8.80. The number of hydrogen-bond donors (Lipinski definition) is 1. The van der Waals surface area contributed by atoms with Crippen LogP contribution in [-0.4, -0.2) is 25.4 Å². The van der Waals surface area contributed by atoms with Crippen molar-refractivity contribution < 1.29 is 17.9 Å². The molecule has 0 amide bonds. The molecule has 0 aromatic carbocycles. The highest BCUT2D eigenvalue weighted by Gasteiger charge is 2.44. The minimum Gasteiger partial charge on any atom is -0.376 e. The molecule has 0 unspecified atom stereocenters. The standard InChI is InChI=1S/C6H10F3NO/c7-6(8,9)4-1-5(2-10)11-3-4/h4-5H,1-3,10H2/t4-,5+/m1/s1. The molecule has 66 valence electrons. The molecule has 1 saturated heterocycles. The second kappa shape index (κ2) is 2.98. The van der Waals surface area contributed by atoms with E-state index in [0.717, 1.165) is 0 Å². The Morgan fingerprint density at radius 2 is 2.09 bits per heavy atom. The van der Waals surface area contributed by atoms with E-state index in [2.05, 4.69) is 0 Å². The summed E-state index contributed by atoms with van der Waals surface area (Å²) in [5.41, 5.74) is 5.15. The fourth-order valence-electron chi connectivity index (χ4n) is 1.10. The molecule has 0 bridgehead atoms. The molecule has 2 nitrogen and oxygen atoms in total. The predicted octanol–water partition coefficient (Wildman–Crippen LogP) is 0.912. The molecular formula is C6H10F3NO. The lowest BCUT2D eigenvalue weighted by atomic mass is 10.1. The Bertz CT molecular complexity index is 136. The lowest BCUT2D eigenvalue weighted by molar-refractivity contribution is -0.173. The zero-order chi connectivity index (χ0) is 8.48. The molecule has 2 N–H and O–H groups in total. The lowest BCUT2D eigenvalue weighted by Gasteiger charge is -2.11. The van der Waals surface area contributed by atoms with E-state index < -0.39 is 18.2 Å². The normalized spacial score (nSPS) is 32.7. The van der Waals surface area contributed by atoms with Crippen LogP contribution in [0.15, 0.2) is 0 Å². The molecule has 0 aromatic rings. The number of rotatable bonds is 1. The number of nitrogens with two attached hydrogens (primary N) is 1.